The third kappa shape index (κ3) is 8.78. The molecule has 32 heavy (non-hydrogen) atoms. The summed E-state index contributed by atoms with van der Waals surface area (Å²) in [5, 5.41) is 10.6. The lowest BCUT2D eigenvalue weighted by Crippen LogP contribution is -2.46. The van der Waals surface area contributed by atoms with Gasteiger partial charge in [-0.15, -0.1) is 0 Å². The van der Waals surface area contributed by atoms with Crippen molar-refractivity contribution in [3.8, 4) is 0 Å². The van der Waals surface area contributed by atoms with Crippen LogP contribution in [0.4, 0.5) is 4.79 Å². The second kappa shape index (κ2) is 14.8. The van der Waals surface area contributed by atoms with Crippen LogP contribution in [0.5, 0.6) is 0 Å². The van der Waals surface area contributed by atoms with E-state index in [2.05, 4.69) is 6.92 Å². The summed E-state index contributed by atoms with van der Waals surface area (Å²) >= 11 is 0. The van der Waals surface area contributed by atoms with E-state index in [1.165, 1.54) is 19.3 Å². The first-order chi connectivity index (χ1) is 15.6. The highest BCUT2D eigenvalue weighted by Gasteiger charge is 2.40. The fraction of sp³-hybridized carbons (Fsp3) is 0.630. The molecule has 1 aromatic carbocycles. The first-order valence-corrected chi connectivity index (χ1v) is 12.4. The lowest BCUT2D eigenvalue weighted by atomic mass is 10.0. The van der Waals surface area contributed by atoms with E-state index in [1.54, 1.807) is 11.0 Å². The molecular formula is C27H41NO4. The zero-order valence-electron chi connectivity index (χ0n) is 19.9. The number of nitrogens with zero attached hydrogens (tertiary/aromatic N) is 1. The van der Waals surface area contributed by atoms with E-state index in [9.17, 15) is 14.7 Å². The molecule has 0 saturated carbocycles. The summed E-state index contributed by atoms with van der Waals surface area (Å²) in [6.45, 7) is 4.43. The Morgan fingerprint density at radius 1 is 1.09 bits per heavy atom. The molecule has 5 nitrogen and oxygen atoms in total. The topological polar surface area (TPSA) is 66.8 Å². The maximum atomic E-state index is 13.0. The number of ether oxygens (including phenoxy) is 1. The van der Waals surface area contributed by atoms with Gasteiger partial charge in [-0.3, -0.25) is 9.69 Å². The highest BCUT2D eigenvalue weighted by molar-refractivity contribution is 5.89. The van der Waals surface area contributed by atoms with Gasteiger partial charge in [0.05, 0.1) is 12.1 Å². The Balaban J connectivity index is 1.91. The maximum absolute atomic E-state index is 13.0. The standard InChI is InChI=1S/C27H41NO4/c1-3-5-6-7-11-17-24(29)18-12-16-23-19-20-25(26(30)13-4-2)28(23)27(31)32-21-22-14-9-8-10-15-22/h8-10,12,14-15,18,23,25-26,30H,3-7,11,13,16-17,19-21H2,1-2H3/b18-12+/t23-,25-,26+/m0/s1. The van der Waals surface area contributed by atoms with Crippen molar-refractivity contribution in [1.29, 1.82) is 0 Å². The molecule has 1 saturated heterocycles. The number of ketones is 1. The van der Waals surface area contributed by atoms with Crippen LogP contribution in [0.15, 0.2) is 42.5 Å². The Morgan fingerprint density at radius 2 is 1.84 bits per heavy atom. The number of rotatable bonds is 14. The average molecular weight is 444 g/mol. The number of unbranched alkanes of at least 4 members (excludes halogenated alkanes) is 4. The van der Waals surface area contributed by atoms with Crippen molar-refractivity contribution in [2.75, 3.05) is 0 Å². The lowest BCUT2D eigenvalue weighted by Gasteiger charge is -2.32. The molecule has 1 aromatic rings. The van der Waals surface area contributed by atoms with Crippen LogP contribution in [-0.2, 0) is 16.1 Å². The number of carbonyl (C=O) groups is 2. The molecule has 1 fully saturated rings. The van der Waals surface area contributed by atoms with Gasteiger partial charge in [0.25, 0.3) is 0 Å². The second-order valence-electron chi connectivity index (χ2n) is 8.87. The van der Waals surface area contributed by atoms with Crippen LogP contribution >= 0.6 is 0 Å². The fourth-order valence-electron chi connectivity index (χ4n) is 4.43. The normalized spacial score (nSPS) is 19.4. The molecule has 2 rings (SSSR count). The molecule has 1 amide bonds. The molecule has 3 atom stereocenters. The predicted molar refractivity (Wildman–Crippen MR) is 128 cm³/mol. The van der Waals surface area contributed by atoms with Crippen LogP contribution in [-0.4, -0.2) is 40.1 Å². The lowest BCUT2D eigenvalue weighted by molar-refractivity contribution is -0.114. The summed E-state index contributed by atoms with van der Waals surface area (Å²) < 4.78 is 5.60. The number of amides is 1. The zero-order chi connectivity index (χ0) is 23.2. The van der Waals surface area contributed by atoms with Crippen molar-refractivity contribution < 1.29 is 19.4 Å². The van der Waals surface area contributed by atoms with E-state index in [0.29, 0.717) is 19.3 Å². The van der Waals surface area contributed by atoms with Gasteiger partial charge >= 0.3 is 6.09 Å². The number of likely N-dealkylation sites (tertiary alicyclic amines) is 1. The fourth-order valence-corrected chi connectivity index (χ4v) is 4.43. The number of aliphatic hydroxyl groups is 1. The van der Waals surface area contributed by atoms with Gasteiger partial charge in [-0.2, -0.15) is 0 Å². The van der Waals surface area contributed by atoms with Crippen LogP contribution in [0.25, 0.3) is 0 Å². The van der Waals surface area contributed by atoms with Crippen LogP contribution < -0.4 is 0 Å². The van der Waals surface area contributed by atoms with Gasteiger partial charge in [-0.05, 0) is 43.7 Å². The maximum Gasteiger partial charge on any atom is 0.410 e. The molecule has 0 radical (unpaired) electrons. The van der Waals surface area contributed by atoms with Crippen molar-refractivity contribution in [3.05, 3.63) is 48.0 Å². The van der Waals surface area contributed by atoms with Gasteiger partial charge in [-0.1, -0.05) is 82.4 Å². The highest BCUT2D eigenvalue weighted by atomic mass is 16.6. The van der Waals surface area contributed by atoms with E-state index < -0.39 is 6.10 Å². The van der Waals surface area contributed by atoms with Crippen molar-refractivity contribution in [3.63, 3.8) is 0 Å². The molecule has 0 aliphatic carbocycles. The summed E-state index contributed by atoms with van der Waals surface area (Å²) in [6, 6.07) is 9.33. The predicted octanol–water partition coefficient (Wildman–Crippen LogP) is 6.19. The number of allylic oxidation sites excluding steroid dienone is 1. The number of hydrogen-bond acceptors (Lipinski definition) is 4. The molecule has 178 valence electrons. The van der Waals surface area contributed by atoms with Crippen molar-refractivity contribution in [2.24, 2.45) is 0 Å². The average Bonchev–Trinajstić information content (AvgIpc) is 3.22. The SMILES string of the molecule is CCCCCCCC(=O)/C=C/C[C@H]1CC[C@@H]([C@H](O)CCC)N1C(=O)OCc1ccccc1. The molecule has 0 aromatic heterocycles. The molecule has 1 N–H and O–H groups in total. The largest absolute Gasteiger partial charge is 0.445 e. The number of hydrogen-bond donors (Lipinski definition) is 1. The minimum Gasteiger partial charge on any atom is -0.445 e. The minimum atomic E-state index is -0.553. The van der Waals surface area contributed by atoms with Gasteiger partial charge in [0.2, 0.25) is 0 Å². The summed E-state index contributed by atoms with van der Waals surface area (Å²) in [5.41, 5.74) is 0.937. The molecular weight excluding hydrogens is 402 g/mol. The van der Waals surface area contributed by atoms with E-state index in [0.717, 1.165) is 37.7 Å². The monoisotopic (exact) mass is 443 g/mol. The van der Waals surface area contributed by atoms with Crippen LogP contribution in [0.2, 0.25) is 0 Å². The van der Waals surface area contributed by atoms with Gasteiger partial charge in [0.15, 0.2) is 5.78 Å². The van der Waals surface area contributed by atoms with Crippen LogP contribution in [0.3, 0.4) is 0 Å². The quantitative estimate of drug-likeness (QED) is 0.275. The molecule has 0 spiro atoms. The minimum absolute atomic E-state index is 0.0524. The van der Waals surface area contributed by atoms with Gasteiger partial charge in [-0.25, -0.2) is 4.79 Å². The molecule has 5 heteroatoms. The van der Waals surface area contributed by atoms with Crippen LogP contribution in [0, 0.1) is 0 Å². The Kier molecular flexibility index (Phi) is 12.1. The first kappa shape index (κ1) is 26.1. The van der Waals surface area contributed by atoms with Crippen molar-refractivity contribution in [2.45, 2.75) is 109 Å². The van der Waals surface area contributed by atoms with E-state index in [-0.39, 0.29) is 30.6 Å². The summed E-state index contributed by atoms with van der Waals surface area (Å²) in [7, 11) is 0. The van der Waals surface area contributed by atoms with E-state index >= 15 is 0 Å². The summed E-state index contributed by atoms with van der Waals surface area (Å²) in [6.07, 6.45) is 12.6. The Labute approximate surface area is 193 Å². The van der Waals surface area contributed by atoms with Crippen molar-refractivity contribution in [1.82, 2.24) is 4.90 Å². The summed E-state index contributed by atoms with van der Waals surface area (Å²) in [5.74, 6) is 0.153. The Bertz CT molecular complexity index is 703. The molecule has 1 aliphatic heterocycles. The number of carbonyl (C=O) groups excluding carboxylic acids is 2. The Hall–Kier alpha value is -2.14. The molecule has 0 unspecified atom stereocenters. The number of benzene rings is 1. The third-order valence-corrected chi connectivity index (χ3v) is 6.23. The van der Waals surface area contributed by atoms with Gasteiger partial charge < -0.3 is 9.84 Å². The van der Waals surface area contributed by atoms with Crippen molar-refractivity contribution >= 4 is 11.9 Å². The van der Waals surface area contributed by atoms with E-state index in [1.807, 2.05) is 43.3 Å². The highest BCUT2D eigenvalue weighted by Crippen LogP contribution is 2.31. The molecule has 1 aliphatic rings. The smallest absolute Gasteiger partial charge is 0.410 e. The second-order valence-corrected chi connectivity index (χ2v) is 8.87. The van der Waals surface area contributed by atoms with E-state index in [4.69, 9.17) is 4.74 Å². The first-order valence-electron chi connectivity index (χ1n) is 12.4. The van der Waals surface area contributed by atoms with Gasteiger partial charge in [0.1, 0.15) is 6.61 Å². The number of aliphatic hydroxyl groups excluding tert-OH is 1. The molecule has 0 bridgehead atoms. The van der Waals surface area contributed by atoms with Crippen LogP contribution in [0.1, 0.15) is 90.0 Å². The van der Waals surface area contributed by atoms with Gasteiger partial charge in [0, 0.05) is 12.5 Å². The third-order valence-electron chi connectivity index (χ3n) is 6.23. The zero-order valence-corrected chi connectivity index (χ0v) is 19.9. The molecule has 1 heterocycles. The Morgan fingerprint density at radius 3 is 2.56 bits per heavy atom. The summed E-state index contributed by atoms with van der Waals surface area (Å²) in [4.78, 5) is 26.8.